The maximum Gasteiger partial charge on any atom is 0.309 e. The Morgan fingerprint density at radius 2 is 1.86 bits per heavy atom. The average molecular weight is 416 g/mol. The molecule has 156 valence electrons. The Balaban J connectivity index is 1.88. The van der Waals surface area contributed by atoms with Crippen molar-refractivity contribution in [2.75, 3.05) is 46.9 Å². The number of sulfonamides is 1. The summed E-state index contributed by atoms with van der Waals surface area (Å²) in [4.78, 5) is 25.6. The number of nitrogens with zero attached hydrogens (tertiary/aromatic N) is 2. The summed E-state index contributed by atoms with van der Waals surface area (Å²) in [6.45, 7) is 1.20. The summed E-state index contributed by atoms with van der Waals surface area (Å²) in [6.07, 6.45) is -0.248. The molecule has 1 aromatic rings. The van der Waals surface area contributed by atoms with Crippen LogP contribution in [0, 0.1) is 5.82 Å². The van der Waals surface area contributed by atoms with Gasteiger partial charge in [-0.25, -0.2) is 12.8 Å². The van der Waals surface area contributed by atoms with E-state index in [2.05, 4.69) is 10.6 Å². The highest BCUT2D eigenvalue weighted by atomic mass is 32.2. The van der Waals surface area contributed by atoms with Crippen molar-refractivity contribution in [2.45, 2.75) is 17.5 Å². The Morgan fingerprint density at radius 1 is 1.21 bits per heavy atom. The quantitative estimate of drug-likeness (QED) is 0.431. The lowest BCUT2D eigenvalue weighted by Crippen LogP contribution is -2.47. The van der Waals surface area contributed by atoms with Crippen molar-refractivity contribution < 1.29 is 27.1 Å². The van der Waals surface area contributed by atoms with Crippen LogP contribution in [0.15, 0.2) is 29.2 Å². The summed E-state index contributed by atoms with van der Waals surface area (Å²) in [5.41, 5.74) is 0. The molecule has 0 aliphatic carbocycles. The minimum atomic E-state index is -3.91. The number of amides is 2. The Bertz CT molecular complexity index is 785. The first kappa shape index (κ1) is 22.2. The molecule has 1 unspecified atom stereocenters. The lowest BCUT2D eigenvalue weighted by Gasteiger charge is -2.22. The van der Waals surface area contributed by atoms with Crippen LogP contribution in [0.3, 0.4) is 0 Å². The zero-order valence-corrected chi connectivity index (χ0v) is 16.7. The third-order valence-electron chi connectivity index (χ3n) is 4.07. The van der Waals surface area contributed by atoms with Gasteiger partial charge in [0.25, 0.3) is 0 Å². The lowest BCUT2D eigenvalue weighted by atomic mass is 10.4. The number of carbonyl (C=O) groups is 2. The first-order chi connectivity index (χ1) is 13.2. The molecule has 0 bridgehead atoms. The zero-order valence-electron chi connectivity index (χ0n) is 15.9. The highest BCUT2D eigenvalue weighted by Gasteiger charge is 2.36. The summed E-state index contributed by atoms with van der Waals surface area (Å²) >= 11 is 0. The SMILES string of the molecule is CN(C)CCCNC(=O)C(=O)NCC1OCCN1S(=O)(=O)c1ccc(F)cc1. The van der Waals surface area contributed by atoms with Crippen LogP contribution < -0.4 is 10.6 Å². The Morgan fingerprint density at radius 3 is 2.50 bits per heavy atom. The first-order valence-corrected chi connectivity index (χ1v) is 10.3. The van der Waals surface area contributed by atoms with Gasteiger partial charge in [-0.1, -0.05) is 0 Å². The van der Waals surface area contributed by atoms with Crippen molar-refractivity contribution in [3.8, 4) is 0 Å². The summed E-state index contributed by atoms with van der Waals surface area (Å²) in [5, 5.41) is 4.88. The molecular weight excluding hydrogens is 391 g/mol. The molecule has 1 saturated heterocycles. The van der Waals surface area contributed by atoms with Gasteiger partial charge in [0.2, 0.25) is 10.0 Å². The largest absolute Gasteiger partial charge is 0.359 e. The normalized spacial score (nSPS) is 17.6. The molecule has 1 heterocycles. The zero-order chi connectivity index (χ0) is 20.7. The number of hydrogen-bond acceptors (Lipinski definition) is 6. The monoisotopic (exact) mass is 416 g/mol. The van der Waals surface area contributed by atoms with Crippen molar-refractivity contribution in [1.29, 1.82) is 0 Å². The maximum absolute atomic E-state index is 13.0. The number of benzene rings is 1. The van der Waals surface area contributed by atoms with Crippen molar-refractivity contribution >= 4 is 21.8 Å². The molecule has 1 aliphatic heterocycles. The first-order valence-electron chi connectivity index (χ1n) is 8.81. The van der Waals surface area contributed by atoms with E-state index < -0.39 is 33.9 Å². The van der Waals surface area contributed by atoms with E-state index >= 15 is 0 Å². The fourth-order valence-corrected chi connectivity index (χ4v) is 4.13. The van der Waals surface area contributed by atoms with Crippen LogP contribution in [-0.2, 0) is 24.3 Å². The topological polar surface area (TPSA) is 108 Å². The van der Waals surface area contributed by atoms with Gasteiger partial charge in [0.05, 0.1) is 18.0 Å². The second-order valence-electron chi connectivity index (χ2n) is 6.52. The van der Waals surface area contributed by atoms with E-state index in [1.807, 2.05) is 19.0 Å². The standard InChI is InChI=1S/C17H25FN4O5S/c1-21(2)9-3-8-19-16(23)17(24)20-12-15-22(10-11-27-15)28(25,26)14-6-4-13(18)5-7-14/h4-7,15H,3,8-12H2,1-2H3,(H,19,23)(H,20,24). The number of ether oxygens (including phenoxy) is 1. The van der Waals surface area contributed by atoms with Crippen molar-refractivity contribution in [1.82, 2.24) is 19.8 Å². The molecule has 0 radical (unpaired) electrons. The molecule has 1 atom stereocenters. The van der Waals surface area contributed by atoms with E-state index in [1.165, 1.54) is 12.1 Å². The third kappa shape index (κ3) is 5.96. The second kappa shape index (κ2) is 9.92. The summed E-state index contributed by atoms with van der Waals surface area (Å²) < 4.78 is 44.9. The highest BCUT2D eigenvalue weighted by Crippen LogP contribution is 2.22. The minimum Gasteiger partial charge on any atom is -0.359 e. The van der Waals surface area contributed by atoms with E-state index in [0.717, 1.165) is 23.0 Å². The number of halogens is 1. The van der Waals surface area contributed by atoms with Gasteiger partial charge in [0.1, 0.15) is 12.0 Å². The Kier molecular flexibility index (Phi) is 7.87. The molecule has 2 N–H and O–H groups in total. The third-order valence-corrected chi connectivity index (χ3v) is 5.98. The van der Waals surface area contributed by atoms with Gasteiger partial charge < -0.3 is 20.3 Å². The van der Waals surface area contributed by atoms with Gasteiger partial charge in [-0.3, -0.25) is 9.59 Å². The Hall–Kier alpha value is -2.08. The lowest BCUT2D eigenvalue weighted by molar-refractivity contribution is -0.139. The fourth-order valence-electron chi connectivity index (χ4n) is 2.62. The van der Waals surface area contributed by atoms with E-state index in [4.69, 9.17) is 4.74 Å². The van der Waals surface area contributed by atoms with Crippen molar-refractivity contribution in [3.05, 3.63) is 30.1 Å². The van der Waals surface area contributed by atoms with Gasteiger partial charge in [-0.2, -0.15) is 4.31 Å². The average Bonchev–Trinajstić information content (AvgIpc) is 3.12. The predicted molar refractivity (Wildman–Crippen MR) is 99.2 cm³/mol. The summed E-state index contributed by atoms with van der Waals surface area (Å²) in [5.74, 6) is -2.19. The van der Waals surface area contributed by atoms with E-state index in [0.29, 0.717) is 13.0 Å². The molecule has 0 spiro atoms. The van der Waals surface area contributed by atoms with Gasteiger partial charge in [-0.15, -0.1) is 0 Å². The molecule has 11 heteroatoms. The van der Waals surface area contributed by atoms with Gasteiger partial charge in [0.15, 0.2) is 0 Å². The minimum absolute atomic E-state index is 0.0747. The molecule has 0 aromatic heterocycles. The molecule has 28 heavy (non-hydrogen) atoms. The van der Waals surface area contributed by atoms with Crippen LogP contribution in [0.4, 0.5) is 4.39 Å². The van der Waals surface area contributed by atoms with Crippen LogP contribution in [0.2, 0.25) is 0 Å². The fraction of sp³-hybridized carbons (Fsp3) is 0.529. The van der Waals surface area contributed by atoms with Crippen molar-refractivity contribution in [2.24, 2.45) is 0 Å². The molecule has 2 rings (SSSR count). The van der Waals surface area contributed by atoms with Crippen LogP contribution in [0.1, 0.15) is 6.42 Å². The second-order valence-corrected chi connectivity index (χ2v) is 8.41. The number of carbonyl (C=O) groups excluding carboxylic acids is 2. The molecule has 1 aliphatic rings. The van der Waals surface area contributed by atoms with Crippen molar-refractivity contribution in [3.63, 3.8) is 0 Å². The Labute approximate surface area is 163 Å². The van der Waals surface area contributed by atoms with E-state index in [1.54, 1.807) is 0 Å². The smallest absolute Gasteiger partial charge is 0.309 e. The van der Waals surface area contributed by atoms with Crippen LogP contribution >= 0.6 is 0 Å². The van der Waals surface area contributed by atoms with E-state index in [-0.39, 0.29) is 24.6 Å². The molecule has 1 fully saturated rings. The summed E-state index contributed by atoms with van der Waals surface area (Å²) in [6, 6.07) is 4.45. The highest BCUT2D eigenvalue weighted by molar-refractivity contribution is 7.89. The molecule has 2 amide bonds. The maximum atomic E-state index is 13.0. The molecular formula is C17H25FN4O5S. The molecule has 9 nitrogen and oxygen atoms in total. The number of hydrogen-bond donors (Lipinski definition) is 2. The van der Waals surface area contributed by atoms with Gasteiger partial charge in [-0.05, 0) is 51.3 Å². The number of nitrogens with one attached hydrogen (secondary N) is 2. The van der Waals surface area contributed by atoms with Gasteiger partial charge in [0, 0.05) is 13.1 Å². The number of rotatable bonds is 8. The van der Waals surface area contributed by atoms with Crippen LogP contribution in [0.25, 0.3) is 0 Å². The molecule has 0 saturated carbocycles. The summed E-state index contributed by atoms with van der Waals surface area (Å²) in [7, 11) is -0.104. The molecule has 1 aromatic carbocycles. The van der Waals surface area contributed by atoms with Crippen LogP contribution in [0.5, 0.6) is 0 Å². The van der Waals surface area contributed by atoms with E-state index in [9.17, 15) is 22.4 Å². The predicted octanol–water partition coefficient (Wildman–Crippen LogP) is -0.643. The van der Waals surface area contributed by atoms with Gasteiger partial charge >= 0.3 is 11.8 Å². The van der Waals surface area contributed by atoms with Crippen LogP contribution in [-0.4, -0.2) is 82.5 Å².